The number of allylic oxidation sites excluding steroid dienone is 2. The van der Waals surface area contributed by atoms with Crippen molar-refractivity contribution in [2.45, 2.75) is 148 Å². The first kappa shape index (κ1) is 30.3. The molecule has 0 aliphatic carbocycles. The smallest absolute Gasteiger partial charge is 0.129 e. The molecule has 0 aromatic heterocycles. The van der Waals surface area contributed by atoms with Crippen LogP contribution in [0.2, 0.25) is 0 Å². The Morgan fingerprint density at radius 1 is 0.613 bits per heavy atom. The van der Waals surface area contributed by atoms with Crippen LogP contribution < -0.4 is 0 Å². The number of hydrogen-bond acceptors (Lipinski definition) is 4. The van der Waals surface area contributed by atoms with Gasteiger partial charge in [0.1, 0.15) is 11.9 Å². The van der Waals surface area contributed by atoms with Crippen LogP contribution in [0.3, 0.4) is 0 Å². The molecule has 0 bridgehead atoms. The molecule has 0 spiro atoms. The molecule has 2 unspecified atom stereocenters. The molecule has 0 aliphatic heterocycles. The summed E-state index contributed by atoms with van der Waals surface area (Å²) in [7, 11) is 0. The first-order chi connectivity index (χ1) is 15.1. The maximum atomic E-state index is 10.9. The molecule has 0 heterocycles. The highest BCUT2D eigenvalue weighted by atomic mass is 16.4. The van der Waals surface area contributed by atoms with Gasteiger partial charge in [-0.1, -0.05) is 95.6 Å². The highest BCUT2D eigenvalue weighted by molar-refractivity contribution is 5.75. The minimum absolute atomic E-state index is 0.323. The maximum Gasteiger partial charge on any atom is 0.129 e. The van der Waals surface area contributed by atoms with Gasteiger partial charge < -0.3 is 20.1 Å². The van der Waals surface area contributed by atoms with Gasteiger partial charge in [0.25, 0.3) is 0 Å². The van der Waals surface area contributed by atoms with Gasteiger partial charge >= 0.3 is 0 Å². The molecular formula is C27H52O4. The predicted molar refractivity (Wildman–Crippen MR) is 131 cm³/mol. The average Bonchev–Trinajstić information content (AvgIpc) is 2.76. The van der Waals surface area contributed by atoms with Crippen LogP contribution in [0, 0.1) is 0 Å². The molecule has 0 rings (SSSR count). The van der Waals surface area contributed by atoms with Gasteiger partial charge in [0.2, 0.25) is 0 Å². The second-order valence-electron chi connectivity index (χ2n) is 9.26. The van der Waals surface area contributed by atoms with Crippen LogP contribution in [0.1, 0.15) is 135 Å². The SMILES string of the molecule is CC(=O)CCCCCCCC/C=C\CCCCCCCCCCCCC(O)C(O)CO. The zero-order valence-corrected chi connectivity index (χ0v) is 20.4. The number of Topliss-reactive ketones (excluding diaryl/α,β-unsaturated/α-hetero) is 1. The number of carbonyl (C=O) groups excluding carboxylic acids is 1. The van der Waals surface area contributed by atoms with Crippen LogP contribution >= 0.6 is 0 Å². The Labute approximate surface area is 192 Å². The molecule has 0 radical (unpaired) electrons. The Morgan fingerprint density at radius 2 is 1.00 bits per heavy atom. The van der Waals surface area contributed by atoms with E-state index >= 15 is 0 Å². The molecule has 0 aliphatic rings. The second-order valence-corrected chi connectivity index (χ2v) is 9.26. The number of aliphatic hydroxyl groups is 3. The Morgan fingerprint density at radius 3 is 1.42 bits per heavy atom. The normalized spacial score (nSPS) is 13.7. The van der Waals surface area contributed by atoms with E-state index < -0.39 is 12.2 Å². The van der Waals surface area contributed by atoms with Gasteiger partial charge in [0, 0.05) is 6.42 Å². The van der Waals surface area contributed by atoms with E-state index in [-0.39, 0.29) is 6.61 Å². The Kier molecular flexibility index (Phi) is 23.4. The van der Waals surface area contributed by atoms with Gasteiger partial charge in [-0.25, -0.2) is 0 Å². The van der Waals surface area contributed by atoms with Gasteiger partial charge in [-0.2, -0.15) is 0 Å². The summed E-state index contributed by atoms with van der Waals surface area (Å²) in [6.07, 6.45) is 26.7. The molecule has 4 nitrogen and oxygen atoms in total. The van der Waals surface area contributed by atoms with Crippen molar-refractivity contribution in [2.75, 3.05) is 6.61 Å². The Bertz CT molecular complexity index is 408. The molecule has 31 heavy (non-hydrogen) atoms. The summed E-state index contributed by atoms with van der Waals surface area (Å²) in [5.74, 6) is 0.323. The van der Waals surface area contributed by atoms with Crippen LogP contribution in [0.25, 0.3) is 0 Å². The van der Waals surface area contributed by atoms with Crippen molar-refractivity contribution in [3.63, 3.8) is 0 Å². The number of hydrogen-bond donors (Lipinski definition) is 3. The van der Waals surface area contributed by atoms with E-state index in [9.17, 15) is 15.0 Å². The first-order valence-corrected chi connectivity index (χ1v) is 13.2. The molecule has 0 amide bonds. The van der Waals surface area contributed by atoms with E-state index in [0.717, 1.165) is 25.7 Å². The summed E-state index contributed by atoms with van der Waals surface area (Å²) in [6, 6.07) is 0. The van der Waals surface area contributed by atoms with E-state index in [2.05, 4.69) is 12.2 Å². The quantitative estimate of drug-likeness (QED) is 0.116. The minimum atomic E-state index is -0.985. The van der Waals surface area contributed by atoms with E-state index in [1.807, 2.05) is 0 Å². The third-order valence-corrected chi connectivity index (χ3v) is 6.07. The molecule has 0 saturated carbocycles. The molecule has 184 valence electrons. The van der Waals surface area contributed by atoms with Crippen LogP contribution in [-0.2, 0) is 4.79 Å². The molecular weight excluding hydrogens is 388 g/mol. The molecule has 4 heteroatoms. The van der Waals surface area contributed by atoms with Crippen molar-refractivity contribution in [1.29, 1.82) is 0 Å². The lowest BCUT2D eigenvalue weighted by Crippen LogP contribution is -2.28. The van der Waals surface area contributed by atoms with Crippen LogP contribution in [0.5, 0.6) is 0 Å². The fourth-order valence-corrected chi connectivity index (χ4v) is 3.92. The Hall–Kier alpha value is -0.710. The molecule has 0 aromatic carbocycles. The molecule has 0 aromatic rings. The van der Waals surface area contributed by atoms with Crippen molar-refractivity contribution in [2.24, 2.45) is 0 Å². The number of aliphatic hydroxyl groups excluding tert-OH is 3. The highest BCUT2D eigenvalue weighted by Crippen LogP contribution is 2.14. The molecule has 0 fully saturated rings. The lowest BCUT2D eigenvalue weighted by molar-refractivity contribution is -0.117. The van der Waals surface area contributed by atoms with E-state index in [1.165, 1.54) is 96.3 Å². The zero-order valence-electron chi connectivity index (χ0n) is 20.4. The summed E-state index contributed by atoms with van der Waals surface area (Å²) >= 11 is 0. The van der Waals surface area contributed by atoms with Crippen LogP contribution in [-0.4, -0.2) is 39.9 Å². The maximum absolute atomic E-state index is 10.9. The number of carbonyl (C=O) groups is 1. The highest BCUT2D eigenvalue weighted by Gasteiger charge is 2.13. The molecule has 3 N–H and O–H groups in total. The van der Waals surface area contributed by atoms with Gasteiger partial charge in [-0.15, -0.1) is 0 Å². The molecule has 2 atom stereocenters. The van der Waals surface area contributed by atoms with Gasteiger partial charge in [-0.05, 0) is 45.4 Å². The largest absolute Gasteiger partial charge is 0.394 e. The van der Waals surface area contributed by atoms with Crippen molar-refractivity contribution in [3.8, 4) is 0 Å². The van der Waals surface area contributed by atoms with Gasteiger partial charge in [0.05, 0.1) is 12.7 Å². The Balaban J connectivity index is 3.17. The standard InChI is InChI=1S/C27H52O4/c1-25(29)22-20-18-16-14-12-10-8-6-4-2-3-5-7-9-11-13-15-17-19-21-23-26(30)27(31)24-28/h4,6,26-28,30-31H,2-3,5,7-24H2,1H3/b6-4-. The summed E-state index contributed by atoms with van der Waals surface area (Å²) in [4.78, 5) is 10.9. The first-order valence-electron chi connectivity index (χ1n) is 13.2. The zero-order chi connectivity index (χ0) is 23.0. The lowest BCUT2D eigenvalue weighted by Gasteiger charge is -2.14. The van der Waals surface area contributed by atoms with Crippen molar-refractivity contribution >= 4 is 5.78 Å². The van der Waals surface area contributed by atoms with Crippen molar-refractivity contribution in [3.05, 3.63) is 12.2 Å². The van der Waals surface area contributed by atoms with Crippen molar-refractivity contribution in [1.82, 2.24) is 0 Å². The van der Waals surface area contributed by atoms with E-state index in [4.69, 9.17) is 5.11 Å². The number of ketones is 1. The third kappa shape index (κ3) is 23.8. The summed E-state index contributed by atoms with van der Waals surface area (Å²) in [5, 5.41) is 27.6. The minimum Gasteiger partial charge on any atom is -0.394 e. The fraction of sp³-hybridized carbons (Fsp3) is 0.889. The van der Waals surface area contributed by atoms with Gasteiger partial charge in [0.15, 0.2) is 0 Å². The second kappa shape index (κ2) is 23.9. The topological polar surface area (TPSA) is 77.8 Å². The average molecular weight is 441 g/mol. The van der Waals surface area contributed by atoms with E-state index in [0.29, 0.717) is 12.2 Å². The lowest BCUT2D eigenvalue weighted by atomic mass is 10.0. The summed E-state index contributed by atoms with van der Waals surface area (Å²) in [6.45, 7) is 1.33. The summed E-state index contributed by atoms with van der Waals surface area (Å²) in [5.41, 5.74) is 0. The van der Waals surface area contributed by atoms with Crippen LogP contribution in [0.15, 0.2) is 12.2 Å². The monoisotopic (exact) mass is 440 g/mol. The third-order valence-electron chi connectivity index (χ3n) is 6.07. The number of unbranched alkanes of at least 4 members (excludes halogenated alkanes) is 16. The summed E-state index contributed by atoms with van der Waals surface area (Å²) < 4.78 is 0. The molecule has 0 saturated heterocycles. The number of rotatable bonds is 24. The van der Waals surface area contributed by atoms with E-state index in [1.54, 1.807) is 6.92 Å². The fourth-order valence-electron chi connectivity index (χ4n) is 3.92. The predicted octanol–water partition coefficient (Wildman–Crippen LogP) is 6.65. The van der Waals surface area contributed by atoms with Gasteiger partial charge in [-0.3, -0.25) is 0 Å². The van der Waals surface area contributed by atoms with Crippen LogP contribution in [0.4, 0.5) is 0 Å². The van der Waals surface area contributed by atoms with Crippen molar-refractivity contribution < 1.29 is 20.1 Å².